The Morgan fingerprint density at radius 3 is 2.53 bits per heavy atom. The fourth-order valence-electron chi connectivity index (χ4n) is 2.21. The molecule has 2 nitrogen and oxygen atoms in total. The monoisotopic (exact) mass is 234 g/mol. The van der Waals surface area contributed by atoms with Gasteiger partial charge in [-0.2, -0.15) is 0 Å². The fourth-order valence-corrected chi connectivity index (χ4v) is 2.21. The summed E-state index contributed by atoms with van der Waals surface area (Å²) in [5.41, 5.74) is 0.316. The van der Waals surface area contributed by atoms with E-state index in [1.54, 1.807) is 12.2 Å². The van der Waals surface area contributed by atoms with E-state index in [2.05, 4.69) is 0 Å². The zero-order chi connectivity index (χ0) is 13.3. The lowest BCUT2D eigenvalue weighted by atomic mass is 9.64. The topological polar surface area (TPSA) is 37.3 Å². The molecule has 1 aliphatic carbocycles. The minimum Gasteiger partial charge on any atom is -0.381 e. The van der Waals surface area contributed by atoms with E-state index in [-0.39, 0.29) is 5.78 Å². The third kappa shape index (κ3) is 2.58. The Morgan fingerprint density at radius 2 is 2.06 bits per heavy atom. The van der Waals surface area contributed by atoms with Crippen molar-refractivity contribution >= 4 is 5.78 Å². The molecule has 0 saturated heterocycles. The van der Waals surface area contributed by atoms with Gasteiger partial charge in [-0.3, -0.25) is 4.79 Å². The first kappa shape index (κ1) is 13.9. The quantitative estimate of drug-likeness (QED) is 0.745. The Labute approximate surface area is 104 Å². The van der Waals surface area contributed by atoms with Gasteiger partial charge >= 0.3 is 0 Å². The highest BCUT2D eigenvalue weighted by Crippen LogP contribution is 2.44. The first-order chi connectivity index (χ1) is 7.73. The maximum atomic E-state index is 11.5. The van der Waals surface area contributed by atoms with Gasteiger partial charge in [0.05, 0.1) is 0 Å². The van der Waals surface area contributed by atoms with Crippen LogP contribution in [0.2, 0.25) is 0 Å². The number of hydrogen-bond acceptors (Lipinski definition) is 2. The number of aliphatic hydroxyl groups is 1. The van der Waals surface area contributed by atoms with E-state index in [4.69, 9.17) is 0 Å². The van der Waals surface area contributed by atoms with Crippen LogP contribution in [0, 0.1) is 5.41 Å². The molecule has 1 atom stereocenters. The molecule has 0 aliphatic heterocycles. The van der Waals surface area contributed by atoms with E-state index in [1.807, 2.05) is 46.8 Å². The van der Waals surface area contributed by atoms with Crippen LogP contribution in [0.5, 0.6) is 0 Å². The smallest absolute Gasteiger partial charge is 0.156 e. The maximum absolute atomic E-state index is 11.5. The number of ketones is 1. The Kier molecular flexibility index (Phi) is 3.78. The molecule has 1 aliphatic rings. The van der Waals surface area contributed by atoms with Crippen molar-refractivity contribution < 1.29 is 9.90 Å². The average Bonchev–Trinajstić information content (AvgIpc) is 2.22. The molecule has 0 amide bonds. The second-order valence-electron chi connectivity index (χ2n) is 5.49. The first-order valence-corrected chi connectivity index (χ1v) is 5.99. The summed E-state index contributed by atoms with van der Waals surface area (Å²) < 4.78 is 0. The molecule has 0 bridgehead atoms. The zero-order valence-corrected chi connectivity index (χ0v) is 11.4. The molecule has 0 radical (unpaired) electrons. The Bertz CT molecular complexity index is 411. The number of carbonyl (C=O) groups excluding carboxylic acids is 1. The molecule has 0 aromatic rings. The summed E-state index contributed by atoms with van der Waals surface area (Å²) in [7, 11) is 0. The van der Waals surface area contributed by atoms with Crippen molar-refractivity contribution in [3.05, 3.63) is 35.5 Å². The van der Waals surface area contributed by atoms with Crippen LogP contribution in [0.1, 0.15) is 41.0 Å². The molecular formula is C15H22O2. The van der Waals surface area contributed by atoms with Gasteiger partial charge in [-0.15, -0.1) is 0 Å². The zero-order valence-electron chi connectivity index (χ0n) is 11.4. The number of allylic oxidation sites excluding steroid dienone is 4. The van der Waals surface area contributed by atoms with Gasteiger partial charge in [-0.25, -0.2) is 0 Å². The van der Waals surface area contributed by atoms with Gasteiger partial charge in [0.15, 0.2) is 5.78 Å². The minimum atomic E-state index is -1.04. The molecule has 0 fully saturated rings. The van der Waals surface area contributed by atoms with Crippen molar-refractivity contribution in [1.82, 2.24) is 0 Å². The van der Waals surface area contributed by atoms with E-state index in [0.717, 1.165) is 11.1 Å². The van der Waals surface area contributed by atoms with Crippen LogP contribution in [0.25, 0.3) is 0 Å². The van der Waals surface area contributed by atoms with Crippen LogP contribution in [0.3, 0.4) is 0 Å². The Hall–Kier alpha value is -1.15. The van der Waals surface area contributed by atoms with Crippen LogP contribution < -0.4 is 0 Å². The van der Waals surface area contributed by atoms with Gasteiger partial charge in [0.25, 0.3) is 0 Å². The van der Waals surface area contributed by atoms with Gasteiger partial charge in [-0.05, 0) is 38.5 Å². The molecule has 0 aromatic carbocycles. The van der Waals surface area contributed by atoms with Crippen molar-refractivity contribution in [2.24, 2.45) is 5.41 Å². The third-order valence-electron chi connectivity index (χ3n) is 3.67. The van der Waals surface area contributed by atoms with Gasteiger partial charge in [-0.1, -0.05) is 31.6 Å². The van der Waals surface area contributed by atoms with Crippen LogP contribution in [-0.2, 0) is 4.79 Å². The molecule has 0 spiro atoms. The van der Waals surface area contributed by atoms with Crippen LogP contribution in [0.15, 0.2) is 35.5 Å². The van der Waals surface area contributed by atoms with E-state index >= 15 is 0 Å². The lowest BCUT2D eigenvalue weighted by Gasteiger charge is -2.44. The molecule has 0 aromatic heterocycles. The van der Waals surface area contributed by atoms with Crippen LogP contribution in [-0.4, -0.2) is 16.5 Å². The Balaban J connectivity index is 3.19. The second-order valence-corrected chi connectivity index (χ2v) is 5.49. The molecular weight excluding hydrogens is 212 g/mol. The first-order valence-electron chi connectivity index (χ1n) is 5.99. The molecule has 1 N–H and O–H groups in total. The van der Waals surface area contributed by atoms with Crippen molar-refractivity contribution in [3.8, 4) is 0 Å². The van der Waals surface area contributed by atoms with Crippen molar-refractivity contribution in [2.45, 2.75) is 46.6 Å². The van der Waals surface area contributed by atoms with E-state index < -0.39 is 11.0 Å². The standard InChI is InChI=1S/C15H22O2/c1-6-11(2)7-8-15(17)12(3)9-13(16)10-14(15,4)5/h6-9,17H,10H2,1-5H3/t15-/m1/s1. The normalized spacial score (nSPS) is 29.6. The van der Waals surface area contributed by atoms with E-state index in [1.165, 1.54) is 0 Å². The number of carbonyl (C=O) groups is 1. The largest absolute Gasteiger partial charge is 0.381 e. The summed E-state index contributed by atoms with van der Waals surface area (Å²) in [4.78, 5) is 11.5. The third-order valence-corrected chi connectivity index (χ3v) is 3.67. The lowest BCUT2D eigenvalue weighted by molar-refractivity contribution is -0.121. The highest BCUT2D eigenvalue weighted by molar-refractivity contribution is 5.92. The van der Waals surface area contributed by atoms with Gasteiger partial charge < -0.3 is 5.11 Å². The molecule has 0 unspecified atom stereocenters. The van der Waals surface area contributed by atoms with Gasteiger partial charge in [0.2, 0.25) is 0 Å². The van der Waals surface area contributed by atoms with E-state index in [0.29, 0.717) is 6.42 Å². The van der Waals surface area contributed by atoms with E-state index in [9.17, 15) is 9.90 Å². The number of hydrogen-bond donors (Lipinski definition) is 1. The number of rotatable bonds is 2. The van der Waals surface area contributed by atoms with Gasteiger partial charge in [0, 0.05) is 11.8 Å². The lowest BCUT2D eigenvalue weighted by Crippen LogP contribution is -2.48. The van der Waals surface area contributed by atoms with Crippen molar-refractivity contribution in [2.75, 3.05) is 0 Å². The summed E-state index contributed by atoms with van der Waals surface area (Å²) in [5.74, 6) is 0.0910. The van der Waals surface area contributed by atoms with Crippen molar-refractivity contribution in [1.29, 1.82) is 0 Å². The highest BCUT2D eigenvalue weighted by Gasteiger charge is 2.46. The predicted molar refractivity (Wildman–Crippen MR) is 70.7 cm³/mol. The molecule has 94 valence electrons. The second kappa shape index (κ2) is 4.61. The van der Waals surface area contributed by atoms with Gasteiger partial charge in [0.1, 0.15) is 5.60 Å². The molecule has 0 saturated carbocycles. The minimum absolute atomic E-state index is 0.0910. The van der Waals surface area contributed by atoms with Crippen molar-refractivity contribution in [3.63, 3.8) is 0 Å². The Morgan fingerprint density at radius 1 is 1.47 bits per heavy atom. The highest BCUT2D eigenvalue weighted by atomic mass is 16.3. The molecule has 17 heavy (non-hydrogen) atoms. The fraction of sp³-hybridized carbons (Fsp3) is 0.533. The molecule has 0 heterocycles. The summed E-state index contributed by atoms with van der Waals surface area (Å²) in [6.07, 6.45) is 7.63. The SMILES string of the molecule is CC=C(C)C=C[C@@]1(O)C(C)=CC(=O)CC1(C)C. The summed E-state index contributed by atoms with van der Waals surface area (Å²) in [5, 5.41) is 10.8. The molecule has 2 heteroatoms. The summed E-state index contributed by atoms with van der Waals surface area (Å²) in [6, 6.07) is 0. The molecule has 1 rings (SSSR count). The van der Waals surface area contributed by atoms with Crippen LogP contribution >= 0.6 is 0 Å². The summed E-state index contributed by atoms with van der Waals surface area (Å²) in [6.45, 7) is 9.61. The predicted octanol–water partition coefficient (Wildman–Crippen LogP) is 3.19. The van der Waals surface area contributed by atoms with Crippen LogP contribution in [0.4, 0.5) is 0 Å². The maximum Gasteiger partial charge on any atom is 0.156 e. The summed E-state index contributed by atoms with van der Waals surface area (Å²) >= 11 is 0. The average molecular weight is 234 g/mol.